The molecule has 1 aromatic heterocycles. The SMILES string of the molecule is COc1cccc(N(Cc2ccc(-c3nnc(C(F)F)o3)cc2F)C(=O)N2CCS(=O)CC2)c1. The zero-order valence-corrected chi connectivity index (χ0v) is 18.9. The van der Waals surface area contributed by atoms with Crippen LogP contribution in [0.25, 0.3) is 11.5 Å². The normalized spacial score (nSPS) is 14.4. The molecule has 34 heavy (non-hydrogen) atoms. The lowest BCUT2D eigenvalue weighted by atomic mass is 10.1. The van der Waals surface area contributed by atoms with Gasteiger partial charge in [0.15, 0.2) is 0 Å². The lowest BCUT2D eigenvalue weighted by Gasteiger charge is -2.33. The first kappa shape index (κ1) is 23.7. The number of carbonyl (C=O) groups excluding carboxylic acids is 1. The number of carbonyl (C=O) groups is 1. The monoisotopic (exact) mass is 494 g/mol. The Kier molecular flexibility index (Phi) is 7.15. The molecule has 0 atom stereocenters. The van der Waals surface area contributed by atoms with Gasteiger partial charge in [0.25, 0.3) is 5.89 Å². The molecule has 0 unspecified atom stereocenters. The second-order valence-electron chi connectivity index (χ2n) is 7.46. The summed E-state index contributed by atoms with van der Waals surface area (Å²) in [7, 11) is 0.537. The molecular formula is C22H21F3N4O4S. The summed E-state index contributed by atoms with van der Waals surface area (Å²) in [5.74, 6) is -0.469. The first-order chi connectivity index (χ1) is 16.4. The van der Waals surface area contributed by atoms with Crippen LogP contribution in [-0.4, -0.2) is 57.0 Å². The minimum absolute atomic E-state index is 0.107. The van der Waals surface area contributed by atoms with Gasteiger partial charge in [-0.05, 0) is 24.3 Å². The van der Waals surface area contributed by atoms with E-state index in [-0.39, 0.29) is 29.6 Å². The van der Waals surface area contributed by atoms with Gasteiger partial charge in [0.2, 0.25) is 5.89 Å². The molecule has 2 heterocycles. The van der Waals surface area contributed by atoms with Crippen LogP contribution in [0, 0.1) is 5.82 Å². The van der Waals surface area contributed by atoms with Crippen LogP contribution in [0.15, 0.2) is 46.9 Å². The van der Waals surface area contributed by atoms with E-state index >= 15 is 4.39 Å². The van der Waals surface area contributed by atoms with Crippen molar-refractivity contribution in [2.24, 2.45) is 0 Å². The van der Waals surface area contributed by atoms with E-state index in [0.717, 1.165) is 6.07 Å². The van der Waals surface area contributed by atoms with Gasteiger partial charge < -0.3 is 14.1 Å². The number of aromatic nitrogens is 2. The third-order valence-electron chi connectivity index (χ3n) is 5.30. The van der Waals surface area contributed by atoms with Gasteiger partial charge in [-0.1, -0.05) is 12.1 Å². The summed E-state index contributed by atoms with van der Waals surface area (Å²) >= 11 is 0. The Morgan fingerprint density at radius 2 is 1.97 bits per heavy atom. The first-order valence-corrected chi connectivity index (χ1v) is 11.8. The molecule has 0 spiro atoms. The van der Waals surface area contributed by atoms with Gasteiger partial charge in [-0.15, -0.1) is 10.2 Å². The minimum atomic E-state index is -2.93. The number of ether oxygens (including phenoxy) is 1. The summed E-state index contributed by atoms with van der Waals surface area (Å²) in [4.78, 5) is 16.4. The van der Waals surface area contributed by atoms with E-state index in [0.29, 0.717) is 36.0 Å². The molecule has 12 heteroatoms. The largest absolute Gasteiger partial charge is 0.497 e. The van der Waals surface area contributed by atoms with E-state index in [1.807, 2.05) is 0 Å². The molecular weight excluding hydrogens is 473 g/mol. The topological polar surface area (TPSA) is 88.8 Å². The van der Waals surface area contributed by atoms with Gasteiger partial charge in [0.1, 0.15) is 11.6 Å². The molecule has 0 bridgehead atoms. The third-order valence-corrected chi connectivity index (χ3v) is 6.58. The Hall–Kier alpha value is -3.41. The number of methoxy groups -OCH3 is 1. The number of rotatable bonds is 6. The molecule has 2 aromatic carbocycles. The summed E-state index contributed by atoms with van der Waals surface area (Å²) in [5, 5.41) is 6.78. The van der Waals surface area contributed by atoms with E-state index in [1.165, 1.54) is 24.1 Å². The summed E-state index contributed by atoms with van der Waals surface area (Å²) in [6, 6.07) is 10.4. The fourth-order valence-electron chi connectivity index (χ4n) is 3.47. The van der Waals surface area contributed by atoms with Crippen LogP contribution in [0.3, 0.4) is 0 Å². The standard InChI is InChI=1S/C22H21F3N4O4S/c1-32-17-4-2-3-16(12-17)29(22(30)28-7-9-34(31)10-8-28)13-15-6-5-14(11-18(15)23)20-26-27-21(33-20)19(24)25/h2-6,11-12,19H,7-10,13H2,1H3. The maximum atomic E-state index is 15.0. The minimum Gasteiger partial charge on any atom is -0.497 e. The van der Waals surface area contributed by atoms with Gasteiger partial charge in [-0.25, -0.2) is 9.18 Å². The molecule has 180 valence electrons. The number of alkyl halides is 2. The first-order valence-electron chi connectivity index (χ1n) is 10.3. The number of amides is 2. The van der Waals surface area contributed by atoms with Crippen LogP contribution >= 0.6 is 0 Å². The smallest absolute Gasteiger partial charge is 0.324 e. The predicted molar refractivity (Wildman–Crippen MR) is 119 cm³/mol. The molecule has 0 saturated carbocycles. The Labute approximate surface area is 195 Å². The van der Waals surface area contributed by atoms with Gasteiger partial charge in [-0.3, -0.25) is 9.11 Å². The average Bonchev–Trinajstić information content (AvgIpc) is 3.34. The predicted octanol–water partition coefficient (Wildman–Crippen LogP) is 4.01. The van der Waals surface area contributed by atoms with E-state index in [2.05, 4.69) is 10.2 Å². The molecule has 8 nitrogen and oxygen atoms in total. The van der Waals surface area contributed by atoms with Crippen molar-refractivity contribution in [2.45, 2.75) is 13.0 Å². The molecule has 3 aromatic rings. The molecule has 1 fully saturated rings. The van der Waals surface area contributed by atoms with E-state index in [4.69, 9.17) is 9.15 Å². The number of anilines is 1. The number of benzene rings is 2. The van der Waals surface area contributed by atoms with Crippen molar-refractivity contribution >= 4 is 22.5 Å². The molecule has 1 saturated heterocycles. The molecule has 0 radical (unpaired) electrons. The quantitative estimate of drug-likeness (QED) is 0.515. The molecule has 1 aliphatic heterocycles. The number of nitrogens with zero attached hydrogens (tertiary/aromatic N) is 4. The Morgan fingerprint density at radius 1 is 1.21 bits per heavy atom. The maximum Gasteiger partial charge on any atom is 0.324 e. The van der Waals surface area contributed by atoms with Crippen molar-refractivity contribution in [3.63, 3.8) is 0 Å². The van der Waals surface area contributed by atoms with Gasteiger partial charge in [-0.2, -0.15) is 8.78 Å². The molecule has 0 aliphatic carbocycles. The van der Waals surface area contributed by atoms with Crippen LogP contribution < -0.4 is 9.64 Å². The average molecular weight is 494 g/mol. The lowest BCUT2D eigenvalue weighted by molar-refractivity contribution is 0.116. The summed E-state index contributed by atoms with van der Waals surface area (Å²) in [5.41, 5.74) is 0.825. The molecule has 2 amide bonds. The fourth-order valence-corrected chi connectivity index (χ4v) is 4.52. The molecule has 4 rings (SSSR count). The summed E-state index contributed by atoms with van der Waals surface area (Å²) < 4.78 is 62.3. The molecule has 0 N–H and O–H groups in total. The number of halogens is 3. The number of urea groups is 1. The second-order valence-corrected chi connectivity index (χ2v) is 9.15. The van der Waals surface area contributed by atoms with Crippen molar-refractivity contribution < 1.29 is 31.3 Å². The van der Waals surface area contributed by atoms with Gasteiger partial charge in [0, 0.05) is 58.3 Å². The zero-order chi connectivity index (χ0) is 24.2. The second kappa shape index (κ2) is 10.2. The van der Waals surface area contributed by atoms with Crippen LogP contribution in [0.5, 0.6) is 5.75 Å². The van der Waals surface area contributed by atoms with Gasteiger partial charge >= 0.3 is 12.5 Å². The fraction of sp³-hybridized carbons (Fsp3) is 0.318. The highest BCUT2D eigenvalue weighted by molar-refractivity contribution is 7.85. The number of hydrogen-bond donors (Lipinski definition) is 0. The van der Waals surface area contributed by atoms with Crippen LogP contribution in [0.2, 0.25) is 0 Å². The zero-order valence-electron chi connectivity index (χ0n) is 18.1. The Bertz CT molecular complexity index is 1200. The van der Waals surface area contributed by atoms with Crippen molar-refractivity contribution in [3.8, 4) is 17.2 Å². The van der Waals surface area contributed by atoms with Crippen molar-refractivity contribution in [3.05, 3.63) is 59.7 Å². The van der Waals surface area contributed by atoms with Crippen molar-refractivity contribution in [1.29, 1.82) is 0 Å². The number of hydrogen-bond acceptors (Lipinski definition) is 6. The van der Waals surface area contributed by atoms with Crippen molar-refractivity contribution in [2.75, 3.05) is 36.6 Å². The van der Waals surface area contributed by atoms with Crippen LogP contribution in [0.1, 0.15) is 17.9 Å². The lowest BCUT2D eigenvalue weighted by Crippen LogP contribution is -2.48. The highest BCUT2D eigenvalue weighted by Crippen LogP contribution is 2.28. The van der Waals surface area contributed by atoms with Crippen LogP contribution in [0.4, 0.5) is 23.7 Å². The Balaban J connectivity index is 1.62. The summed E-state index contributed by atoms with van der Waals surface area (Å²) in [6.07, 6.45) is -2.93. The Morgan fingerprint density at radius 3 is 2.62 bits per heavy atom. The van der Waals surface area contributed by atoms with E-state index in [9.17, 15) is 17.8 Å². The van der Waals surface area contributed by atoms with E-state index in [1.54, 1.807) is 29.2 Å². The summed E-state index contributed by atoms with van der Waals surface area (Å²) in [6.45, 7) is 0.553. The highest BCUT2D eigenvalue weighted by atomic mass is 32.2. The van der Waals surface area contributed by atoms with Crippen LogP contribution in [-0.2, 0) is 17.3 Å². The maximum absolute atomic E-state index is 15.0. The third kappa shape index (κ3) is 5.22. The van der Waals surface area contributed by atoms with Crippen molar-refractivity contribution in [1.82, 2.24) is 15.1 Å². The molecule has 1 aliphatic rings. The van der Waals surface area contributed by atoms with E-state index < -0.39 is 28.9 Å². The highest BCUT2D eigenvalue weighted by Gasteiger charge is 2.27. The van der Waals surface area contributed by atoms with Gasteiger partial charge in [0.05, 0.1) is 13.7 Å².